The number of nitro groups is 1. The molecule has 3 rings (SSSR count). The summed E-state index contributed by atoms with van der Waals surface area (Å²) < 4.78 is 5.59. The standard InChI is InChI=1S/C21H19N3O6S2/c1-30-15-5-2-4-13(10-15)11-18-20(27)23(21(31)32-18)9-3-6-19(26)22-16-12-14(24(28)29)7-8-17(16)25/h2,4-5,7-8,10-12,25H,3,6,9H2,1H3,(H,22,26)/b18-11-. The van der Waals surface area contributed by atoms with Crippen molar-refractivity contribution in [2.75, 3.05) is 19.0 Å². The maximum Gasteiger partial charge on any atom is 0.271 e. The second kappa shape index (κ2) is 10.2. The van der Waals surface area contributed by atoms with Crippen molar-refractivity contribution in [1.82, 2.24) is 4.90 Å². The first-order valence-electron chi connectivity index (χ1n) is 9.45. The Morgan fingerprint density at radius 2 is 2.12 bits per heavy atom. The minimum Gasteiger partial charge on any atom is -0.506 e. The number of anilines is 1. The molecule has 0 atom stereocenters. The highest BCUT2D eigenvalue weighted by atomic mass is 32.2. The third-order valence-corrected chi connectivity index (χ3v) is 5.89. The minimum atomic E-state index is -0.622. The highest BCUT2D eigenvalue weighted by Crippen LogP contribution is 2.33. The molecule has 166 valence electrons. The van der Waals surface area contributed by atoms with Gasteiger partial charge in [-0.2, -0.15) is 0 Å². The van der Waals surface area contributed by atoms with E-state index in [9.17, 15) is 24.8 Å². The molecular formula is C21H19N3O6S2. The molecule has 1 saturated heterocycles. The first-order chi connectivity index (χ1) is 15.3. The van der Waals surface area contributed by atoms with Gasteiger partial charge in [0, 0.05) is 25.1 Å². The summed E-state index contributed by atoms with van der Waals surface area (Å²) in [6.07, 6.45) is 2.09. The van der Waals surface area contributed by atoms with E-state index in [1.807, 2.05) is 12.1 Å². The number of carbonyl (C=O) groups is 2. The van der Waals surface area contributed by atoms with E-state index in [-0.39, 0.29) is 36.0 Å². The monoisotopic (exact) mass is 473 g/mol. The fourth-order valence-corrected chi connectivity index (χ4v) is 4.23. The van der Waals surface area contributed by atoms with Crippen molar-refractivity contribution in [2.24, 2.45) is 0 Å². The van der Waals surface area contributed by atoms with Gasteiger partial charge in [0.25, 0.3) is 11.6 Å². The third kappa shape index (κ3) is 5.62. The van der Waals surface area contributed by atoms with E-state index in [2.05, 4.69) is 5.32 Å². The van der Waals surface area contributed by atoms with Gasteiger partial charge < -0.3 is 15.2 Å². The van der Waals surface area contributed by atoms with Crippen molar-refractivity contribution in [2.45, 2.75) is 12.8 Å². The molecule has 0 saturated carbocycles. The second-order valence-electron chi connectivity index (χ2n) is 6.72. The van der Waals surface area contributed by atoms with Crippen LogP contribution in [0, 0.1) is 10.1 Å². The van der Waals surface area contributed by atoms with Crippen molar-refractivity contribution < 1.29 is 24.4 Å². The van der Waals surface area contributed by atoms with Crippen LogP contribution < -0.4 is 10.1 Å². The van der Waals surface area contributed by atoms with E-state index in [4.69, 9.17) is 17.0 Å². The number of hydrogen-bond donors (Lipinski definition) is 2. The third-order valence-electron chi connectivity index (χ3n) is 4.52. The molecule has 0 aliphatic carbocycles. The molecule has 11 heteroatoms. The Hall–Kier alpha value is -3.44. The summed E-state index contributed by atoms with van der Waals surface area (Å²) in [5.74, 6) is -0.281. The number of nitro benzene ring substituents is 1. The van der Waals surface area contributed by atoms with E-state index in [1.165, 1.54) is 16.7 Å². The molecule has 9 nitrogen and oxygen atoms in total. The Morgan fingerprint density at radius 3 is 2.84 bits per heavy atom. The van der Waals surface area contributed by atoms with Gasteiger partial charge in [0.05, 0.1) is 22.6 Å². The molecule has 1 heterocycles. The Labute approximate surface area is 193 Å². The van der Waals surface area contributed by atoms with Crippen LogP contribution in [0.3, 0.4) is 0 Å². The highest BCUT2D eigenvalue weighted by Gasteiger charge is 2.31. The van der Waals surface area contributed by atoms with Gasteiger partial charge in [-0.3, -0.25) is 24.6 Å². The molecule has 1 aliphatic rings. The van der Waals surface area contributed by atoms with Gasteiger partial charge in [0.2, 0.25) is 5.91 Å². The molecule has 0 spiro atoms. The molecular weight excluding hydrogens is 454 g/mol. The number of thioether (sulfide) groups is 1. The molecule has 0 bridgehead atoms. The van der Waals surface area contributed by atoms with Crippen molar-refractivity contribution in [3.63, 3.8) is 0 Å². The van der Waals surface area contributed by atoms with Gasteiger partial charge in [0.15, 0.2) is 0 Å². The van der Waals surface area contributed by atoms with Crippen LogP contribution in [0.5, 0.6) is 11.5 Å². The number of methoxy groups -OCH3 is 1. The molecule has 2 aromatic rings. The number of nitrogens with one attached hydrogen (secondary N) is 1. The number of rotatable bonds is 8. The lowest BCUT2D eigenvalue weighted by Gasteiger charge is -2.14. The Morgan fingerprint density at radius 1 is 1.34 bits per heavy atom. The number of non-ortho nitro benzene ring substituents is 1. The zero-order chi connectivity index (χ0) is 23.3. The van der Waals surface area contributed by atoms with Crippen LogP contribution in [-0.2, 0) is 9.59 Å². The minimum absolute atomic E-state index is 0.0358. The lowest BCUT2D eigenvalue weighted by molar-refractivity contribution is -0.384. The number of aromatic hydroxyl groups is 1. The molecule has 0 radical (unpaired) electrons. The average Bonchev–Trinajstić information content (AvgIpc) is 3.02. The number of ether oxygens (including phenoxy) is 1. The summed E-state index contributed by atoms with van der Waals surface area (Å²) in [5.41, 5.74) is 0.510. The van der Waals surface area contributed by atoms with E-state index in [1.54, 1.807) is 25.3 Å². The van der Waals surface area contributed by atoms with Gasteiger partial charge in [-0.15, -0.1) is 0 Å². The number of carbonyl (C=O) groups excluding carboxylic acids is 2. The summed E-state index contributed by atoms with van der Waals surface area (Å²) in [6, 6.07) is 10.6. The van der Waals surface area contributed by atoms with Gasteiger partial charge in [-0.25, -0.2) is 0 Å². The second-order valence-corrected chi connectivity index (χ2v) is 8.40. The number of amides is 2. The Bertz CT molecular complexity index is 1120. The first-order valence-corrected chi connectivity index (χ1v) is 10.7. The summed E-state index contributed by atoms with van der Waals surface area (Å²) in [7, 11) is 1.56. The van der Waals surface area contributed by atoms with Crippen LogP contribution in [0.1, 0.15) is 18.4 Å². The van der Waals surface area contributed by atoms with Crippen molar-refractivity contribution in [3.05, 3.63) is 63.0 Å². The van der Waals surface area contributed by atoms with Crippen LogP contribution in [-0.4, -0.2) is 44.7 Å². The Kier molecular flexibility index (Phi) is 7.44. The summed E-state index contributed by atoms with van der Waals surface area (Å²) >= 11 is 6.49. The molecule has 32 heavy (non-hydrogen) atoms. The number of benzene rings is 2. The number of phenols is 1. The summed E-state index contributed by atoms with van der Waals surface area (Å²) in [4.78, 5) is 37.0. The SMILES string of the molecule is COc1cccc(/C=C2\SC(=S)N(CCCC(=O)Nc3cc([N+](=O)[O-])ccc3O)C2=O)c1. The quantitative estimate of drug-likeness (QED) is 0.194. The van der Waals surface area contributed by atoms with Crippen molar-refractivity contribution in [3.8, 4) is 11.5 Å². The summed E-state index contributed by atoms with van der Waals surface area (Å²) in [6.45, 7) is 0.245. The zero-order valence-corrected chi connectivity index (χ0v) is 18.6. The molecule has 1 fully saturated rings. The lowest BCUT2D eigenvalue weighted by Crippen LogP contribution is -2.29. The van der Waals surface area contributed by atoms with Gasteiger partial charge >= 0.3 is 0 Å². The van der Waals surface area contributed by atoms with Gasteiger partial charge in [-0.1, -0.05) is 36.1 Å². The van der Waals surface area contributed by atoms with E-state index < -0.39 is 10.8 Å². The first kappa shape index (κ1) is 23.2. The highest BCUT2D eigenvalue weighted by molar-refractivity contribution is 8.26. The van der Waals surface area contributed by atoms with Gasteiger partial charge in [-0.05, 0) is 36.3 Å². The lowest BCUT2D eigenvalue weighted by atomic mass is 10.2. The average molecular weight is 474 g/mol. The maximum absolute atomic E-state index is 12.7. The van der Waals surface area contributed by atoms with Crippen molar-refractivity contribution in [1.29, 1.82) is 0 Å². The molecule has 0 unspecified atom stereocenters. The zero-order valence-electron chi connectivity index (χ0n) is 16.9. The van der Waals surface area contributed by atoms with Crippen LogP contribution in [0.15, 0.2) is 47.4 Å². The van der Waals surface area contributed by atoms with Crippen LogP contribution in [0.2, 0.25) is 0 Å². The normalized spacial score (nSPS) is 14.7. The molecule has 2 amide bonds. The Balaban J connectivity index is 1.57. The largest absolute Gasteiger partial charge is 0.506 e. The smallest absolute Gasteiger partial charge is 0.271 e. The number of thiocarbonyl (C=S) groups is 1. The summed E-state index contributed by atoms with van der Waals surface area (Å²) in [5, 5.41) is 23.1. The number of nitrogens with zero attached hydrogens (tertiary/aromatic N) is 2. The van der Waals surface area contributed by atoms with Crippen LogP contribution in [0.4, 0.5) is 11.4 Å². The van der Waals surface area contributed by atoms with E-state index in [0.29, 0.717) is 21.4 Å². The number of phenolic OH excluding ortho intramolecular Hbond substituents is 1. The molecule has 2 N–H and O–H groups in total. The predicted molar refractivity (Wildman–Crippen MR) is 125 cm³/mol. The van der Waals surface area contributed by atoms with E-state index in [0.717, 1.165) is 23.8 Å². The van der Waals surface area contributed by atoms with E-state index >= 15 is 0 Å². The fourth-order valence-electron chi connectivity index (χ4n) is 2.92. The fraction of sp³-hybridized carbons (Fsp3) is 0.190. The predicted octanol–water partition coefficient (Wildman–Crippen LogP) is 3.93. The molecule has 1 aliphatic heterocycles. The topological polar surface area (TPSA) is 122 Å². The van der Waals surface area contributed by atoms with Crippen LogP contribution >= 0.6 is 24.0 Å². The van der Waals surface area contributed by atoms with Crippen LogP contribution in [0.25, 0.3) is 6.08 Å². The molecule has 2 aromatic carbocycles. The van der Waals surface area contributed by atoms with Crippen molar-refractivity contribution >= 4 is 57.6 Å². The number of hydrogen-bond acceptors (Lipinski definition) is 8. The molecule has 0 aromatic heterocycles. The van der Waals surface area contributed by atoms with Gasteiger partial charge in [0.1, 0.15) is 15.8 Å². The maximum atomic E-state index is 12.7.